The highest BCUT2D eigenvalue weighted by Gasteiger charge is 2.29. The van der Waals surface area contributed by atoms with E-state index in [-0.39, 0.29) is 11.8 Å². The lowest BCUT2D eigenvalue weighted by molar-refractivity contribution is -0.204. The molecule has 0 radical (unpaired) electrons. The summed E-state index contributed by atoms with van der Waals surface area (Å²) in [6.45, 7) is 7.01. The van der Waals surface area contributed by atoms with E-state index in [0.29, 0.717) is 5.92 Å². The van der Waals surface area contributed by atoms with Crippen LogP contribution in [0.2, 0.25) is 0 Å². The number of hydrogen-bond donors (Lipinski definition) is 1. The van der Waals surface area contributed by atoms with Gasteiger partial charge >= 0.3 is 5.97 Å². The number of nitrogens with one attached hydrogen (secondary N) is 1. The van der Waals surface area contributed by atoms with Crippen LogP contribution in [0.15, 0.2) is 24.4 Å². The number of hydrogen-bond acceptors (Lipinski definition) is 3. The Labute approximate surface area is 135 Å². The summed E-state index contributed by atoms with van der Waals surface area (Å²) in [5.74, 6) is -0.0212. The summed E-state index contributed by atoms with van der Waals surface area (Å²) in [4.78, 5) is 20.6. The first-order valence-electron chi connectivity index (χ1n) is 8.08. The van der Waals surface area contributed by atoms with Crippen LogP contribution >= 0.6 is 0 Å². The van der Waals surface area contributed by atoms with Gasteiger partial charge in [0.2, 0.25) is 0 Å². The predicted octanol–water partition coefficient (Wildman–Crippen LogP) is 3.99. The molecule has 1 aliphatic rings. The maximum absolute atomic E-state index is 13.3. The molecule has 1 aromatic carbocycles. The number of nitrogens with zero attached hydrogens (tertiary/aromatic N) is 1. The van der Waals surface area contributed by atoms with Crippen molar-refractivity contribution in [2.24, 2.45) is 5.41 Å². The van der Waals surface area contributed by atoms with E-state index < -0.39 is 5.41 Å². The second-order valence-corrected chi connectivity index (χ2v) is 7.27. The zero-order valence-corrected chi connectivity index (χ0v) is 13.9. The van der Waals surface area contributed by atoms with Gasteiger partial charge in [-0.25, -0.2) is 9.18 Å². The van der Waals surface area contributed by atoms with E-state index in [4.69, 9.17) is 4.84 Å². The van der Waals surface area contributed by atoms with Gasteiger partial charge in [0, 0.05) is 30.2 Å². The monoisotopic (exact) mass is 318 g/mol. The minimum Gasteiger partial charge on any atom is -0.367 e. The van der Waals surface area contributed by atoms with Gasteiger partial charge in [0.15, 0.2) is 0 Å². The van der Waals surface area contributed by atoms with Crippen LogP contribution in [0.1, 0.15) is 45.1 Å². The highest BCUT2D eigenvalue weighted by molar-refractivity contribution is 5.83. The molecule has 0 amide bonds. The van der Waals surface area contributed by atoms with E-state index in [2.05, 4.69) is 4.98 Å². The fraction of sp³-hybridized carbons (Fsp3) is 0.500. The lowest BCUT2D eigenvalue weighted by Gasteiger charge is -2.32. The third kappa shape index (κ3) is 3.39. The number of aromatic amines is 1. The first kappa shape index (κ1) is 16.0. The third-order valence-electron chi connectivity index (χ3n) is 4.39. The van der Waals surface area contributed by atoms with Crippen molar-refractivity contribution in [3.05, 3.63) is 35.8 Å². The van der Waals surface area contributed by atoms with Crippen molar-refractivity contribution in [2.45, 2.75) is 39.5 Å². The molecule has 124 valence electrons. The summed E-state index contributed by atoms with van der Waals surface area (Å²) in [5.41, 5.74) is 1.57. The molecule has 0 atom stereocenters. The molecule has 1 aromatic heterocycles. The molecule has 3 rings (SSSR count). The van der Waals surface area contributed by atoms with Crippen molar-refractivity contribution in [1.29, 1.82) is 0 Å². The molecule has 2 heterocycles. The Morgan fingerprint density at radius 2 is 2.00 bits per heavy atom. The molecule has 0 aliphatic carbocycles. The van der Waals surface area contributed by atoms with Gasteiger partial charge in [0.05, 0.1) is 5.41 Å². The number of carbonyl (C=O) groups excluding carboxylic acids is 1. The lowest BCUT2D eigenvalue weighted by Crippen LogP contribution is -2.38. The van der Waals surface area contributed by atoms with E-state index in [0.717, 1.165) is 36.8 Å². The molecule has 1 fully saturated rings. The van der Waals surface area contributed by atoms with Gasteiger partial charge in [-0.15, -0.1) is 5.06 Å². The van der Waals surface area contributed by atoms with Crippen molar-refractivity contribution in [1.82, 2.24) is 10.0 Å². The number of H-pyrrole nitrogens is 1. The number of halogens is 1. The fourth-order valence-electron chi connectivity index (χ4n) is 2.97. The van der Waals surface area contributed by atoms with E-state index in [9.17, 15) is 9.18 Å². The molecule has 5 heteroatoms. The highest BCUT2D eigenvalue weighted by Crippen LogP contribution is 2.33. The first-order chi connectivity index (χ1) is 10.8. The molecule has 1 saturated heterocycles. The van der Waals surface area contributed by atoms with Crippen LogP contribution in [-0.4, -0.2) is 29.1 Å². The average molecular weight is 318 g/mol. The molecule has 0 unspecified atom stereocenters. The number of aromatic nitrogens is 1. The minimum absolute atomic E-state index is 0.196. The summed E-state index contributed by atoms with van der Waals surface area (Å²) >= 11 is 0. The number of carbonyl (C=O) groups is 1. The topological polar surface area (TPSA) is 45.3 Å². The molecule has 4 nitrogen and oxygen atoms in total. The quantitative estimate of drug-likeness (QED) is 0.910. The Bertz CT molecular complexity index is 709. The van der Waals surface area contributed by atoms with Crippen LogP contribution in [0.5, 0.6) is 0 Å². The zero-order valence-electron chi connectivity index (χ0n) is 13.9. The van der Waals surface area contributed by atoms with Gasteiger partial charge in [-0.3, -0.25) is 0 Å². The van der Waals surface area contributed by atoms with Crippen molar-refractivity contribution in [2.75, 3.05) is 13.1 Å². The number of hydroxylamine groups is 2. The van der Waals surface area contributed by atoms with Crippen molar-refractivity contribution < 1.29 is 14.0 Å². The molecule has 2 aromatic rings. The summed E-state index contributed by atoms with van der Waals surface area (Å²) in [6.07, 6.45) is 3.81. The SMILES string of the molecule is CC(C)(C)C(=O)ON1CCC(c2c[nH]c3cc(F)ccc23)CC1. The van der Waals surface area contributed by atoms with Crippen LogP contribution in [0, 0.1) is 11.2 Å². The molecule has 0 spiro atoms. The summed E-state index contributed by atoms with van der Waals surface area (Å²) in [7, 11) is 0. The highest BCUT2D eigenvalue weighted by atomic mass is 19.1. The van der Waals surface area contributed by atoms with Gasteiger partial charge in [-0.2, -0.15) is 0 Å². The van der Waals surface area contributed by atoms with Gasteiger partial charge in [-0.05, 0) is 63.3 Å². The average Bonchev–Trinajstić information content (AvgIpc) is 2.90. The summed E-state index contributed by atoms with van der Waals surface area (Å²) in [6, 6.07) is 4.86. The van der Waals surface area contributed by atoms with E-state index in [1.807, 2.05) is 33.0 Å². The number of piperidine rings is 1. The minimum atomic E-state index is -0.488. The normalized spacial score (nSPS) is 17.6. The lowest BCUT2D eigenvalue weighted by atomic mass is 9.90. The summed E-state index contributed by atoms with van der Waals surface area (Å²) < 4.78 is 13.3. The smallest absolute Gasteiger partial charge is 0.330 e. The molecular weight excluding hydrogens is 295 g/mol. The number of fused-ring (bicyclic) bond motifs is 1. The molecule has 1 N–H and O–H groups in total. The number of rotatable bonds is 2. The Hall–Kier alpha value is -1.88. The van der Waals surface area contributed by atoms with Crippen LogP contribution in [-0.2, 0) is 9.63 Å². The predicted molar refractivity (Wildman–Crippen MR) is 87.4 cm³/mol. The Kier molecular flexibility index (Phi) is 4.15. The van der Waals surface area contributed by atoms with Crippen LogP contribution in [0.3, 0.4) is 0 Å². The van der Waals surface area contributed by atoms with Crippen molar-refractivity contribution in [3.8, 4) is 0 Å². The number of benzene rings is 1. The molecule has 0 saturated carbocycles. The van der Waals surface area contributed by atoms with Gasteiger partial charge in [0.1, 0.15) is 5.82 Å². The molecular formula is C18H23FN2O2. The van der Waals surface area contributed by atoms with Crippen LogP contribution in [0.4, 0.5) is 4.39 Å². The standard InChI is InChI=1S/C18H23FN2O2/c1-18(2,3)17(22)23-21-8-6-12(7-9-21)15-11-20-16-10-13(19)4-5-14(15)16/h4-5,10-12,20H,6-9H2,1-3H3. The molecule has 23 heavy (non-hydrogen) atoms. The van der Waals surface area contributed by atoms with Crippen molar-refractivity contribution in [3.63, 3.8) is 0 Å². The first-order valence-corrected chi connectivity index (χ1v) is 8.08. The summed E-state index contributed by atoms with van der Waals surface area (Å²) in [5, 5.41) is 2.84. The Morgan fingerprint density at radius 1 is 1.30 bits per heavy atom. The van der Waals surface area contributed by atoms with Crippen LogP contribution in [0.25, 0.3) is 10.9 Å². The maximum Gasteiger partial charge on any atom is 0.330 e. The zero-order chi connectivity index (χ0) is 16.6. The third-order valence-corrected chi connectivity index (χ3v) is 4.39. The van der Waals surface area contributed by atoms with Crippen LogP contribution < -0.4 is 0 Å². The van der Waals surface area contributed by atoms with E-state index in [1.54, 1.807) is 5.06 Å². The molecule has 1 aliphatic heterocycles. The second-order valence-electron chi connectivity index (χ2n) is 7.27. The van der Waals surface area contributed by atoms with Gasteiger partial charge in [-0.1, -0.05) is 0 Å². The second kappa shape index (κ2) is 5.96. The van der Waals surface area contributed by atoms with E-state index >= 15 is 0 Å². The van der Waals surface area contributed by atoms with Gasteiger partial charge in [0.25, 0.3) is 0 Å². The fourth-order valence-corrected chi connectivity index (χ4v) is 2.97. The van der Waals surface area contributed by atoms with Gasteiger partial charge < -0.3 is 9.82 Å². The van der Waals surface area contributed by atoms with Crippen molar-refractivity contribution >= 4 is 16.9 Å². The van der Waals surface area contributed by atoms with E-state index in [1.165, 1.54) is 17.7 Å². The maximum atomic E-state index is 13.3. The Balaban J connectivity index is 1.65. The Morgan fingerprint density at radius 3 is 2.65 bits per heavy atom. The largest absolute Gasteiger partial charge is 0.367 e. The molecule has 0 bridgehead atoms.